The van der Waals surface area contributed by atoms with Crippen LogP contribution in [0.25, 0.3) is 0 Å². The minimum absolute atomic E-state index is 0.362. The van der Waals surface area contributed by atoms with Crippen LogP contribution in [0.1, 0.15) is 22.3 Å². The summed E-state index contributed by atoms with van der Waals surface area (Å²) in [4.78, 5) is 12.4. The van der Waals surface area contributed by atoms with E-state index in [0.717, 1.165) is 5.56 Å². The van der Waals surface area contributed by atoms with Crippen molar-refractivity contribution in [2.24, 2.45) is 0 Å². The number of carbonyl (C=O) groups is 1. The number of ether oxygens (including phenoxy) is 1. The Morgan fingerprint density at radius 1 is 1.23 bits per heavy atom. The Hall–Kier alpha value is -2.84. The van der Waals surface area contributed by atoms with E-state index in [1.165, 1.54) is 13.2 Å². The molecule has 2 aromatic rings. The summed E-state index contributed by atoms with van der Waals surface area (Å²) in [5, 5.41) is 22.9. The van der Waals surface area contributed by atoms with Gasteiger partial charge in [-0.2, -0.15) is 5.26 Å². The van der Waals surface area contributed by atoms with Crippen LogP contribution in [0.15, 0.2) is 36.4 Å². The SMILES string of the molecule is COc1ccc(C)cc1C1(O)C(=O)Nc2ccc(C#N)cc21. The van der Waals surface area contributed by atoms with Gasteiger partial charge in [0.1, 0.15) is 5.75 Å². The molecule has 5 heteroatoms. The Morgan fingerprint density at radius 2 is 2.00 bits per heavy atom. The average molecular weight is 294 g/mol. The van der Waals surface area contributed by atoms with Crippen LogP contribution in [-0.4, -0.2) is 18.1 Å². The van der Waals surface area contributed by atoms with Crippen LogP contribution in [0, 0.1) is 18.3 Å². The van der Waals surface area contributed by atoms with Crippen LogP contribution in [0.2, 0.25) is 0 Å². The third kappa shape index (κ3) is 1.85. The van der Waals surface area contributed by atoms with Crippen LogP contribution in [0.4, 0.5) is 5.69 Å². The molecule has 22 heavy (non-hydrogen) atoms. The largest absolute Gasteiger partial charge is 0.496 e. The highest BCUT2D eigenvalue weighted by Gasteiger charge is 2.48. The zero-order valence-electron chi connectivity index (χ0n) is 12.2. The maximum Gasteiger partial charge on any atom is 0.266 e. The Labute approximate surface area is 127 Å². The Kier molecular flexibility index (Phi) is 3.12. The van der Waals surface area contributed by atoms with E-state index in [9.17, 15) is 9.90 Å². The van der Waals surface area contributed by atoms with Crippen LogP contribution in [0.5, 0.6) is 5.75 Å². The number of aliphatic hydroxyl groups is 1. The molecule has 1 amide bonds. The number of benzene rings is 2. The van der Waals surface area contributed by atoms with Gasteiger partial charge in [-0.25, -0.2) is 0 Å². The zero-order valence-corrected chi connectivity index (χ0v) is 12.2. The van der Waals surface area contributed by atoms with Gasteiger partial charge in [0.15, 0.2) is 5.60 Å². The highest BCUT2D eigenvalue weighted by atomic mass is 16.5. The lowest BCUT2D eigenvalue weighted by atomic mass is 9.85. The Balaban J connectivity index is 2.29. The van der Waals surface area contributed by atoms with Crippen molar-refractivity contribution in [2.45, 2.75) is 12.5 Å². The lowest BCUT2D eigenvalue weighted by Crippen LogP contribution is -2.35. The zero-order chi connectivity index (χ0) is 15.9. The van der Waals surface area contributed by atoms with Crippen LogP contribution >= 0.6 is 0 Å². The number of hydrogen-bond donors (Lipinski definition) is 2. The molecule has 0 fully saturated rings. The molecule has 1 heterocycles. The number of aryl methyl sites for hydroxylation is 1. The van der Waals surface area contributed by atoms with Gasteiger partial charge in [0.2, 0.25) is 0 Å². The number of methoxy groups -OCH3 is 1. The fourth-order valence-electron chi connectivity index (χ4n) is 2.73. The molecular weight excluding hydrogens is 280 g/mol. The summed E-state index contributed by atoms with van der Waals surface area (Å²) in [6.07, 6.45) is 0. The quantitative estimate of drug-likeness (QED) is 0.888. The van der Waals surface area contributed by atoms with E-state index in [2.05, 4.69) is 5.32 Å². The highest BCUT2D eigenvalue weighted by Crippen LogP contribution is 2.44. The van der Waals surface area contributed by atoms with Crippen molar-refractivity contribution >= 4 is 11.6 Å². The average Bonchev–Trinajstić information content (AvgIpc) is 2.79. The summed E-state index contributed by atoms with van der Waals surface area (Å²) in [5.74, 6) is -0.139. The summed E-state index contributed by atoms with van der Waals surface area (Å²) in [5.41, 5.74) is 0.610. The number of amides is 1. The molecule has 0 bridgehead atoms. The number of fused-ring (bicyclic) bond motifs is 1. The Bertz CT molecular complexity index is 823. The molecule has 0 aliphatic carbocycles. The molecule has 2 N–H and O–H groups in total. The minimum Gasteiger partial charge on any atom is -0.496 e. The minimum atomic E-state index is -1.88. The highest BCUT2D eigenvalue weighted by molar-refractivity contribution is 6.07. The molecule has 5 nitrogen and oxygen atoms in total. The fraction of sp³-hybridized carbons (Fsp3) is 0.176. The molecule has 0 radical (unpaired) electrons. The molecule has 1 atom stereocenters. The maximum absolute atomic E-state index is 12.4. The lowest BCUT2D eigenvalue weighted by Gasteiger charge is -2.24. The number of nitriles is 1. The first kappa shape index (κ1) is 14.1. The first-order chi connectivity index (χ1) is 10.5. The van der Waals surface area contributed by atoms with Gasteiger partial charge in [0.25, 0.3) is 5.91 Å². The number of nitrogens with one attached hydrogen (secondary N) is 1. The number of anilines is 1. The predicted molar refractivity (Wildman–Crippen MR) is 80.5 cm³/mol. The number of nitrogens with zero attached hydrogens (tertiary/aromatic N) is 1. The van der Waals surface area contributed by atoms with Crippen LogP contribution in [0.3, 0.4) is 0 Å². The first-order valence-electron chi connectivity index (χ1n) is 6.74. The van der Waals surface area contributed by atoms with E-state index in [1.807, 2.05) is 19.1 Å². The number of carbonyl (C=O) groups excluding carboxylic acids is 1. The number of hydrogen-bond acceptors (Lipinski definition) is 4. The van der Waals surface area contributed by atoms with Crippen molar-refractivity contribution in [1.29, 1.82) is 5.26 Å². The Morgan fingerprint density at radius 3 is 2.68 bits per heavy atom. The molecule has 0 spiro atoms. The summed E-state index contributed by atoms with van der Waals surface area (Å²) >= 11 is 0. The molecule has 0 saturated carbocycles. The number of rotatable bonds is 2. The molecule has 1 unspecified atom stereocenters. The molecule has 2 aromatic carbocycles. The van der Waals surface area contributed by atoms with Crippen molar-refractivity contribution in [2.75, 3.05) is 12.4 Å². The topological polar surface area (TPSA) is 82.3 Å². The molecule has 1 aliphatic rings. The van der Waals surface area contributed by atoms with Gasteiger partial charge < -0.3 is 15.2 Å². The third-order valence-corrected chi connectivity index (χ3v) is 3.86. The second-order valence-corrected chi connectivity index (χ2v) is 5.24. The van der Waals surface area contributed by atoms with Crippen molar-refractivity contribution in [3.63, 3.8) is 0 Å². The van der Waals surface area contributed by atoms with Gasteiger partial charge in [-0.15, -0.1) is 0 Å². The van der Waals surface area contributed by atoms with E-state index in [4.69, 9.17) is 10.00 Å². The summed E-state index contributed by atoms with van der Waals surface area (Å²) < 4.78 is 5.29. The van der Waals surface area contributed by atoms with Gasteiger partial charge >= 0.3 is 0 Å². The maximum atomic E-state index is 12.4. The second kappa shape index (κ2) is 4.86. The van der Waals surface area contributed by atoms with E-state index in [0.29, 0.717) is 28.1 Å². The van der Waals surface area contributed by atoms with Crippen molar-refractivity contribution in [1.82, 2.24) is 0 Å². The molecule has 0 aromatic heterocycles. The van der Waals surface area contributed by atoms with Crippen molar-refractivity contribution in [3.8, 4) is 11.8 Å². The standard InChI is InChI=1S/C17H14N2O3/c1-10-3-6-15(22-2)13(7-10)17(21)12-8-11(9-18)4-5-14(12)19-16(17)20/h3-8,21H,1-2H3,(H,19,20). The monoisotopic (exact) mass is 294 g/mol. The molecular formula is C17H14N2O3. The molecule has 3 rings (SSSR count). The first-order valence-corrected chi connectivity index (χ1v) is 6.74. The third-order valence-electron chi connectivity index (χ3n) is 3.86. The summed E-state index contributed by atoms with van der Waals surface area (Å²) in [7, 11) is 1.48. The van der Waals surface area contributed by atoms with Crippen molar-refractivity contribution in [3.05, 3.63) is 58.7 Å². The fourth-order valence-corrected chi connectivity index (χ4v) is 2.73. The summed E-state index contributed by atoms with van der Waals surface area (Å²) in [6, 6.07) is 12.0. The van der Waals surface area contributed by atoms with Gasteiger partial charge in [0.05, 0.1) is 18.7 Å². The summed E-state index contributed by atoms with van der Waals surface area (Å²) in [6.45, 7) is 1.87. The molecule has 1 aliphatic heterocycles. The van der Waals surface area contributed by atoms with Gasteiger partial charge in [0, 0.05) is 16.8 Å². The van der Waals surface area contributed by atoms with Crippen LogP contribution < -0.4 is 10.1 Å². The lowest BCUT2D eigenvalue weighted by molar-refractivity contribution is -0.129. The smallest absolute Gasteiger partial charge is 0.266 e. The van der Waals surface area contributed by atoms with E-state index >= 15 is 0 Å². The second-order valence-electron chi connectivity index (χ2n) is 5.24. The molecule has 0 saturated heterocycles. The predicted octanol–water partition coefficient (Wildman–Crippen LogP) is 2.06. The van der Waals surface area contributed by atoms with E-state index in [-0.39, 0.29) is 0 Å². The van der Waals surface area contributed by atoms with E-state index in [1.54, 1.807) is 24.3 Å². The van der Waals surface area contributed by atoms with E-state index < -0.39 is 11.5 Å². The van der Waals surface area contributed by atoms with Gasteiger partial charge in [-0.05, 0) is 37.3 Å². The van der Waals surface area contributed by atoms with Crippen molar-refractivity contribution < 1.29 is 14.6 Å². The van der Waals surface area contributed by atoms with Gasteiger partial charge in [-0.1, -0.05) is 11.6 Å². The van der Waals surface area contributed by atoms with Crippen LogP contribution in [-0.2, 0) is 10.4 Å². The normalized spacial score (nSPS) is 19.3. The van der Waals surface area contributed by atoms with Gasteiger partial charge in [-0.3, -0.25) is 4.79 Å². The molecule has 110 valence electrons.